The molecular weight excluding hydrogens is 290 g/mol. The number of nitrogens with one attached hydrogen (secondary N) is 1. The maximum atomic E-state index is 12.5. The normalized spacial score (nSPS) is 13.4. The van der Waals surface area contributed by atoms with E-state index in [-0.39, 0.29) is 23.6 Å². The van der Waals surface area contributed by atoms with Crippen LogP contribution in [-0.2, 0) is 6.54 Å². The summed E-state index contributed by atoms with van der Waals surface area (Å²) in [5.74, 6) is -0.343. The van der Waals surface area contributed by atoms with Gasteiger partial charge in [0.1, 0.15) is 5.69 Å². The van der Waals surface area contributed by atoms with Gasteiger partial charge in [0.05, 0.1) is 0 Å². The molecule has 1 N–H and O–H groups in total. The van der Waals surface area contributed by atoms with E-state index in [1.165, 1.54) is 6.20 Å². The number of hydrogen-bond acceptors (Lipinski definition) is 3. The van der Waals surface area contributed by atoms with Gasteiger partial charge < -0.3 is 10.2 Å². The number of pyridine rings is 1. The molecule has 1 aromatic heterocycles. The number of rotatable bonds is 5. The molecule has 0 spiro atoms. The smallest absolute Gasteiger partial charge is 0.272 e. The molecule has 0 bridgehead atoms. The van der Waals surface area contributed by atoms with E-state index in [9.17, 15) is 9.59 Å². The minimum Gasteiger partial charge on any atom is -0.349 e. The zero-order valence-corrected chi connectivity index (χ0v) is 13.0. The zero-order valence-electron chi connectivity index (χ0n) is 13.0. The number of hydrogen-bond donors (Lipinski definition) is 1. The molecule has 1 heterocycles. The van der Waals surface area contributed by atoms with Crippen LogP contribution < -0.4 is 5.32 Å². The number of carbonyl (C=O) groups excluding carboxylic acids is 2. The number of aromatic nitrogens is 1. The Bertz CT molecular complexity index is 711. The van der Waals surface area contributed by atoms with Gasteiger partial charge in [-0.3, -0.25) is 14.6 Å². The summed E-state index contributed by atoms with van der Waals surface area (Å²) < 4.78 is 0. The van der Waals surface area contributed by atoms with Crippen molar-refractivity contribution in [2.24, 2.45) is 0 Å². The van der Waals surface area contributed by atoms with Crippen molar-refractivity contribution in [3.8, 4) is 0 Å². The van der Waals surface area contributed by atoms with E-state index in [2.05, 4.69) is 10.3 Å². The van der Waals surface area contributed by atoms with Gasteiger partial charge in [-0.05, 0) is 30.5 Å². The van der Waals surface area contributed by atoms with Crippen LogP contribution in [0.15, 0.2) is 48.7 Å². The Labute approximate surface area is 135 Å². The van der Waals surface area contributed by atoms with Gasteiger partial charge >= 0.3 is 0 Å². The van der Waals surface area contributed by atoms with Crippen LogP contribution in [0.2, 0.25) is 0 Å². The lowest BCUT2D eigenvalue weighted by Gasteiger charge is -2.17. The number of nitrogens with zero attached hydrogens (tertiary/aromatic N) is 2. The Kier molecular flexibility index (Phi) is 4.37. The van der Waals surface area contributed by atoms with E-state index in [4.69, 9.17) is 0 Å². The summed E-state index contributed by atoms with van der Waals surface area (Å²) in [6.45, 7) is 0.500. The lowest BCUT2D eigenvalue weighted by Crippen LogP contribution is -2.28. The molecule has 23 heavy (non-hydrogen) atoms. The van der Waals surface area contributed by atoms with E-state index in [1.807, 2.05) is 30.3 Å². The summed E-state index contributed by atoms with van der Waals surface area (Å²) in [5, 5.41) is 2.91. The molecule has 1 aliphatic carbocycles. The van der Waals surface area contributed by atoms with Gasteiger partial charge in [0.25, 0.3) is 11.8 Å². The lowest BCUT2D eigenvalue weighted by atomic mass is 10.2. The highest BCUT2D eigenvalue weighted by atomic mass is 16.2. The van der Waals surface area contributed by atoms with E-state index in [1.54, 1.807) is 24.1 Å². The van der Waals surface area contributed by atoms with E-state index >= 15 is 0 Å². The summed E-state index contributed by atoms with van der Waals surface area (Å²) in [4.78, 5) is 30.3. The fourth-order valence-electron chi connectivity index (χ4n) is 2.31. The molecule has 1 aromatic carbocycles. The molecule has 5 heteroatoms. The van der Waals surface area contributed by atoms with Crippen LogP contribution in [0.5, 0.6) is 0 Å². The Morgan fingerprint density at radius 3 is 2.65 bits per heavy atom. The van der Waals surface area contributed by atoms with Crippen molar-refractivity contribution in [3.05, 3.63) is 65.5 Å². The third-order valence-corrected chi connectivity index (χ3v) is 3.76. The van der Waals surface area contributed by atoms with Gasteiger partial charge in [-0.2, -0.15) is 0 Å². The minimum atomic E-state index is -0.199. The number of carbonyl (C=O) groups is 2. The first-order chi connectivity index (χ1) is 11.1. The molecule has 118 valence electrons. The highest BCUT2D eigenvalue weighted by Gasteiger charge is 2.24. The summed E-state index contributed by atoms with van der Waals surface area (Å²) in [6.07, 6.45) is 3.57. The second kappa shape index (κ2) is 6.60. The minimum absolute atomic E-state index is 0.144. The summed E-state index contributed by atoms with van der Waals surface area (Å²) in [7, 11) is 1.73. The third kappa shape index (κ3) is 3.94. The molecule has 2 amide bonds. The Hall–Kier alpha value is -2.69. The van der Waals surface area contributed by atoms with Crippen LogP contribution in [0.25, 0.3) is 0 Å². The fourth-order valence-corrected chi connectivity index (χ4v) is 2.31. The molecule has 1 saturated carbocycles. The van der Waals surface area contributed by atoms with Gasteiger partial charge in [-0.25, -0.2) is 0 Å². The van der Waals surface area contributed by atoms with Gasteiger partial charge in [0.15, 0.2) is 0 Å². The fraction of sp³-hybridized carbons (Fsp3) is 0.278. The Morgan fingerprint density at radius 1 is 1.22 bits per heavy atom. The van der Waals surface area contributed by atoms with E-state index in [0.717, 1.165) is 18.4 Å². The SMILES string of the molecule is CN(Cc1ccccc1)C(=O)c1cc(C(=O)NC2CC2)ccn1. The second-order valence-electron chi connectivity index (χ2n) is 5.82. The van der Waals surface area contributed by atoms with E-state index in [0.29, 0.717) is 12.1 Å². The van der Waals surface area contributed by atoms with Crippen molar-refractivity contribution >= 4 is 11.8 Å². The van der Waals surface area contributed by atoms with Crippen LogP contribution in [0.4, 0.5) is 0 Å². The molecule has 1 fully saturated rings. The van der Waals surface area contributed by atoms with Crippen LogP contribution in [0.1, 0.15) is 39.3 Å². The van der Waals surface area contributed by atoms with E-state index < -0.39 is 0 Å². The number of benzene rings is 1. The maximum Gasteiger partial charge on any atom is 0.272 e. The summed E-state index contributed by atoms with van der Waals surface area (Å²) in [5.41, 5.74) is 1.81. The Morgan fingerprint density at radius 2 is 1.96 bits per heavy atom. The predicted octanol–water partition coefficient (Wildman–Crippen LogP) is 2.25. The van der Waals surface area contributed by atoms with Gasteiger partial charge in [-0.1, -0.05) is 30.3 Å². The first-order valence-electron chi connectivity index (χ1n) is 7.70. The molecule has 3 rings (SSSR count). The summed E-state index contributed by atoms with van der Waals surface area (Å²) in [6, 6.07) is 13.2. The molecular formula is C18H19N3O2. The van der Waals surface area contributed by atoms with Crippen molar-refractivity contribution in [1.29, 1.82) is 0 Å². The van der Waals surface area contributed by atoms with Gasteiger partial charge in [-0.15, -0.1) is 0 Å². The zero-order chi connectivity index (χ0) is 16.2. The monoisotopic (exact) mass is 309 g/mol. The molecule has 0 atom stereocenters. The molecule has 0 unspecified atom stereocenters. The Balaban J connectivity index is 1.69. The van der Waals surface area contributed by atoms with Crippen molar-refractivity contribution in [3.63, 3.8) is 0 Å². The average molecular weight is 309 g/mol. The van der Waals surface area contributed by atoms with Crippen molar-refractivity contribution in [2.75, 3.05) is 7.05 Å². The molecule has 2 aromatic rings. The van der Waals surface area contributed by atoms with Crippen molar-refractivity contribution < 1.29 is 9.59 Å². The van der Waals surface area contributed by atoms with Crippen LogP contribution >= 0.6 is 0 Å². The average Bonchev–Trinajstić information content (AvgIpc) is 3.39. The molecule has 5 nitrogen and oxygen atoms in total. The molecule has 0 aliphatic heterocycles. The van der Waals surface area contributed by atoms with Crippen LogP contribution in [0.3, 0.4) is 0 Å². The van der Waals surface area contributed by atoms with Crippen LogP contribution in [0, 0.1) is 0 Å². The van der Waals surface area contributed by atoms with Crippen LogP contribution in [-0.4, -0.2) is 34.8 Å². The quantitative estimate of drug-likeness (QED) is 0.921. The molecule has 0 saturated heterocycles. The first-order valence-corrected chi connectivity index (χ1v) is 7.70. The highest BCUT2D eigenvalue weighted by Crippen LogP contribution is 2.19. The topological polar surface area (TPSA) is 62.3 Å². The molecule has 1 aliphatic rings. The standard InChI is InChI=1S/C18H19N3O2/c1-21(12-13-5-3-2-4-6-13)18(23)16-11-14(9-10-19-16)17(22)20-15-7-8-15/h2-6,9-11,15H,7-8,12H2,1H3,(H,20,22). The predicted molar refractivity (Wildman–Crippen MR) is 87.0 cm³/mol. The maximum absolute atomic E-state index is 12.5. The lowest BCUT2D eigenvalue weighted by molar-refractivity contribution is 0.0779. The molecule has 0 radical (unpaired) electrons. The van der Waals surface area contributed by atoms with Crippen molar-refractivity contribution in [1.82, 2.24) is 15.2 Å². The third-order valence-electron chi connectivity index (χ3n) is 3.76. The van der Waals surface area contributed by atoms with Crippen molar-refractivity contribution in [2.45, 2.75) is 25.4 Å². The number of amides is 2. The first kappa shape index (κ1) is 15.2. The second-order valence-corrected chi connectivity index (χ2v) is 5.82. The largest absolute Gasteiger partial charge is 0.349 e. The summed E-state index contributed by atoms with van der Waals surface area (Å²) >= 11 is 0. The van der Waals surface area contributed by atoms with Gasteiger partial charge in [0.2, 0.25) is 0 Å². The van der Waals surface area contributed by atoms with Gasteiger partial charge in [0, 0.05) is 31.4 Å². The highest BCUT2D eigenvalue weighted by molar-refractivity contribution is 5.98.